The molecule has 3 N–H and O–H groups in total. The minimum Gasteiger partial charge on any atom is -0.395 e. The zero-order chi connectivity index (χ0) is 14.5. The van der Waals surface area contributed by atoms with E-state index in [1.54, 1.807) is 18.2 Å². The Bertz CT molecular complexity index is 481. The number of hydrogen-bond acceptors (Lipinski definition) is 6. The molecule has 20 heavy (non-hydrogen) atoms. The molecule has 0 amide bonds. The lowest BCUT2D eigenvalue weighted by atomic mass is 10.2. The number of aliphatic hydroxyl groups is 1. The summed E-state index contributed by atoms with van der Waals surface area (Å²) in [5.41, 5.74) is 6.50. The van der Waals surface area contributed by atoms with Crippen molar-refractivity contribution in [3.05, 3.63) is 28.3 Å². The van der Waals surface area contributed by atoms with E-state index < -0.39 is 4.92 Å². The van der Waals surface area contributed by atoms with Crippen molar-refractivity contribution in [1.82, 2.24) is 4.90 Å². The normalized spacial score (nSPS) is 16.9. The van der Waals surface area contributed by atoms with Gasteiger partial charge in [-0.15, -0.1) is 0 Å². The molecule has 0 aromatic heterocycles. The summed E-state index contributed by atoms with van der Waals surface area (Å²) in [5.74, 6) is 0. The van der Waals surface area contributed by atoms with Gasteiger partial charge in [-0.25, -0.2) is 0 Å². The van der Waals surface area contributed by atoms with E-state index in [9.17, 15) is 10.1 Å². The summed E-state index contributed by atoms with van der Waals surface area (Å²) in [4.78, 5) is 14.9. The Balaban J connectivity index is 2.20. The molecular formula is C13H20N4O3. The molecule has 1 heterocycles. The van der Waals surface area contributed by atoms with Gasteiger partial charge in [0.15, 0.2) is 0 Å². The van der Waals surface area contributed by atoms with Gasteiger partial charge in [0, 0.05) is 26.2 Å². The van der Waals surface area contributed by atoms with E-state index in [0.29, 0.717) is 18.8 Å². The highest BCUT2D eigenvalue weighted by Gasteiger charge is 2.24. The Morgan fingerprint density at radius 1 is 1.30 bits per heavy atom. The van der Waals surface area contributed by atoms with Crippen molar-refractivity contribution in [1.29, 1.82) is 0 Å². The topological polar surface area (TPSA) is 95.9 Å². The van der Waals surface area contributed by atoms with E-state index >= 15 is 0 Å². The van der Waals surface area contributed by atoms with Gasteiger partial charge in [-0.2, -0.15) is 0 Å². The maximum absolute atomic E-state index is 11.2. The summed E-state index contributed by atoms with van der Waals surface area (Å²) < 4.78 is 0. The predicted octanol–water partition coefficient (Wildman–Crippen LogP) is 0.681. The average Bonchev–Trinajstić information content (AvgIpc) is 2.64. The molecule has 0 unspecified atom stereocenters. The molecule has 1 fully saturated rings. The summed E-state index contributed by atoms with van der Waals surface area (Å²) in [5, 5.41) is 20.2. The molecule has 0 atom stereocenters. The molecule has 110 valence electrons. The van der Waals surface area contributed by atoms with Crippen LogP contribution in [0.15, 0.2) is 18.2 Å². The zero-order valence-corrected chi connectivity index (χ0v) is 11.4. The van der Waals surface area contributed by atoms with Gasteiger partial charge in [0.05, 0.1) is 11.5 Å². The molecule has 1 saturated heterocycles. The molecule has 0 bridgehead atoms. The highest BCUT2D eigenvalue weighted by atomic mass is 16.6. The molecule has 1 aliphatic heterocycles. The van der Waals surface area contributed by atoms with Gasteiger partial charge in [0.25, 0.3) is 0 Å². The Morgan fingerprint density at radius 2 is 2.10 bits per heavy atom. The second kappa shape index (κ2) is 6.53. The van der Waals surface area contributed by atoms with Crippen LogP contribution in [0.25, 0.3) is 0 Å². The van der Waals surface area contributed by atoms with E-state index in [1.165, 1.54) is 0 Å². The number of β-amino-alcohol motifs (C(OH)–C–C–N with tert-alkyl or cyclic N) is 1. The van der Waals surface area contributed by atoms with Gasteiger partial charge in [-0.3, -0.25) is 15.0 Å². The Kier molecular flexibility index (Phi) is 4.75. The van der Waals surface area contributed by atoms with Crippen LogP contribution in [0.5, 0.6) is 0 Å². The van der Waals surface area contributed by atoms with E-state index in [2.05, 4.69) is 4.90 Å². The maximum Gasteiger partial charge on any atom is 0.315 e. The molecule has 0 saturated carbocycles. The van der Waals surface area contributed by atoms with Crippen molar-refractivity contribution in [2.24, 2.45) is 0 Å². The van der Waals surface area contributed by atoms with Gasteiger partial charge in [0.1, 0.15) is 11.4 Å². The molecule has 7 nitrogen and oxygen atoms in total. The van der Waals surface area contributed by atoms with Crippen LogP contribution in [0.2, 0.25) is 0 Å². The molecule has 7 heteroatoms. The van der Waals surface area contributed by atoms with Crippen LogP contribution in [0, 0.1) is 10.1 Å². The summed E-state index contributed by atoms with van der Waals surface area (Å²) in [7, 11) is 0. The van der Waals surface area contributed by atoms with Gasteiger partial charge in [-0.1, -0.05) is 6.07 Å². The zero-order valence-electron chi connectivity index (χ0n) is 11.4. The first kappa shape index (κ1) is 14.5. The summed E-state index contributed by atoms with van der Waals surface area (Å²) in [6.45, 7) is 3.92. The minimum absolute atomic E-state index is 0.0110. The van der Waals surface area contributed by atoms with Crippen molar-refractivity contribution in [3.63, 3.8) is 0 Å². The number of aliphatic hydroxyl groups excluding tert-OH is 1. The number of hydrogen-bond donors (Lipinski definition) is 2. The van der Waals surface area contributed by atoms with Crippen molar-refractivity contribution >= 4 is 17.1 Å². The maximum atomic E-state index is 11.2. The fourth-order valence-electron chi connectivity index (χ4n) is 2.58. The van der Waals surface area contributed by atoms with E-state index in [1.807, 2.05) is 4.90 Å². The number of nitro groups is 1. The number of nitro benzene ring substituents is 1. The second-order valence-electron chi connectivity index (χ2n) is 4.88. The molecule has 0 spiro atoms. The Morgan fingerprint density at radius 3 is 2.80 bits per heavy atom. The van der Waals surface area contributed by atoms with Crippen LogP contribution >= 0.6 is 0 Å². The SMILES string of the molecule is Nc1cccc(N2CCCN(CCO)CC2)c1[N+](=O)[O-]. The first-order valence-electron chi connectivity index (χ1n) is 6.74. The molecule has 0 radical (unpaired) electrons. The third-order valence-corrected chi connectivity index (χ3v) is 3.57. The van der Waals surface area contributed by atoms with Gasteiger partial charge in [-0.05, 0) is 25.1 Å². The predicted molar refractivity (Wildman–Crippen MR) is 77.9 cm³/mol. The molecule has 2 rings (SSSR count). The van der Waals surface area contributed by atoms with Crippen molar-refractivity contribution in [3.8, 4) is 0 Å². The lowest BCUT2D eigenvalue weighted by Gasteiger charge is -2.23. The molecule has 1 aromatic rings. The highest BCUT2D eigenvalue weighted by molar-refractivity contribution is 5.75. The lowest BCUT2D eigenvalue weighted by Crippen LogP contribution is -2.32. The van der Waals surface area contributed by atoms with Gasteiger partial charge < -0.3 is 15.7 Å². The third kappa shape index (κ3) is 3.17. The van der Waals surface area contributed by atoms with Gasteiger partial charge in [0.2, 0.25) is 0 Å². The number of benzene rings is 1. The van der Waals surface area contributed by atoms with Crippen molar-refractivity contribution < 1.29 is 10.0 Å². The fraction of sp³-hybridized carbons (Fsp3) is 0.538. The van der Waals surface area contributed by atoms with Crippen LogP contribution in [0.3, 0.4) is 0 Å². The van der Waals surface area contributed by atoms with Crippen LogP contribution in [0.4, 0.5) is 17.1 Å². The number of nitrogen functional groups attached to an aromatic ring is 1. The molecule has 0 aliphatic carbocycles. The first-order valence-corrected chi connectivity index (χ1v) is 6.74. The molecule has 1 aliphatic rings. The van der Waals surface area contributed by atoms with Crippen molar-refractivity contribution in [2.75, 3.05) is 50.0 Å². The Hall–Kier alpha value is -1.86. The molecular weight excluding hydrogens is 260 g/mol. The molecule has 1 aromatic carbocycles. The highest BCUT2D eigenvalue weighted by Crippen LogP contribution is 2.33. The average molecular weight is 280 g/mol. The van der Waals surface area contributed by atoms with Gasteiger partial charge >= 0.3 is 5.69 Å². The number of anilines is 2. The fourth-order valence-corrected chi connectivity index (χ4v) is 2.58. The van der Waals surface area contributed by atoms with Crippen molar-refractivity contribution in [2.45, 2.75) is 6.42 Å². The first-order chi connectivity index (χ1) is 9.63. The van der Waals surface area contributed by atoms with Crippen LogP contribution in [-0.4, -0.2) is 54.3 Å². The Labute approximate surface area is 117 Å². The number of para-hydroxylation sites is 1. The van der Waals surface area contributed by atoms with Crippen LogP contribution < -0.4 is 10.6 Å². The van der Waals surface area contributed by atoms with E-state index in [4.69, 9.17) is 10.8 Å². The van der Waals surface area contributed by atoms with Crippen LogP contribution in [-0.2, 0) is 0 Å². The monoisotopic (exact) mass is 280 g/mol. The second-order valence-corrected chi connectivity index (χ2v) is 4.88. The summed E-state index contributed by atoms with van der Waals surface area (Å²) >= 11 is 0. The summed E-state index contributed by atoms with van der Waals surface area (Å²) in [6, 6.07) is 5.04. The third-order valence-electron chi connectivity index (χ3n) is 3.57. The van der Waals surface area contributed by atoms with E-state index in [-0.39, 0.29) is 18.0 Å². The number of nitrogens with two attached hydrogens (primary N) is 1. The lowest BCUT2D eigenvalue weighted by molar-refractivity contribution is -0.383. The summed E-state index contributed by atoms with van der Waals surface area (Å²) in [6.07, 6.45) is 0.909. The van der Waals surface area contributed by atoms with E-state index in [0.717, 1.165) is 26.1 Å². The smallest absolute Gasteiger partial charge is 0.315 e. The minimum atomic E-state index is -0.416. The quantitative estimate of drug-likeness (QED) is 0.478. The number of rotatable bonds is 4. The standard InChI is InChI=1S/C13H20N4O3/c14-11-3-1-4-12(13(11)17(19)20)16-6-2-5-15(7-8-16)9-10-18/h1,3-4,18H,2,5-10,14H2. The van der Waals surface area contributed by atoms with Crippen LogP contribution in [0.1, 0.15) is 6.42 Å². The number of nitrogens with zero attached hydrogens (tertiary/aromatic N) is 3. The largest absolute Gasteiger partial charge is 0.395 e.